The number of aliphatic carboxylic acids is 1. The molecular formula is C14H21NO2. The van der Waals surface area contributed by atoms with Crippen molar-refractivity contribution in [1.82, 2.24) is 0 Å². The summed E-state index contributed by atoms with van der Waals surface area (Å²) < 4.78 is 0. The van der Waals surface area contributed by atoms with Crippen LogP contribution in [0.25, 0.3) is 0 Å². The molecule has 1 unspecified atom stereocenters. The van der Waals surface area contributed by atoms with Gasteiger partial charge in [0.15, 0.2) is 0 Å². The Bertz CT molecular complexity index is 346. The van der Waals surface area contributed by atoms with Crippen molar-refractivity contribution in [1.29, 1.82) is 0 Å². The molecule has 0 aliphatic heterocycles. The summed E-state index contributed by atoms with van der Waals surface area (Å²) in [5.74, 6) is -0.947. The van der Waals surface area contributed by atoms with Gasteiger partial charge in [-0.25, -0.2) is 0 Å². The van der Waals surface area contributed by atoms with Gasteiger partial charge in [0, 0.05) is 0 Å². The number of nitrogens with two attached hydrogens (primary N) is 1. The van der Waals surface area contributed by atoms with E-state index in [4.69, 9.17) is 10.8 Å². The number of carbonyl (C=O) groups is 1. The molecule has 0 bridgehead atoms. The van der Waals surface area contributed by atoms with E-state index in [2.05, 4.69) is 19.1 Å². The van der Waals surface area contributed by atoms with Gasteiger partial charge in [0.2, 0.25) is 0 Å². The Morgan fingerprint density at radius 2 is 1.82 bits per heavy atom. The summed E-state index contributed by atoms with van der Waals surface area (Å²) >= 11 is 0. The van der Waals surface area contributed by atoms with E-state index in [1.54, 1.807) is 0 Å². The van der Waals surface area contributed by atoms with Gasteiger partial charge in [-0.1, -0.05) is 44.0 Å². The molecule has 0 aliphatic rings. The minimum atomic E-state index is -0.947. The summed E-state index contributed by atoms with van der Waals surface area (Å²) in [7, 11) is 0. The van der Waals surface area contributed by atoms with Crippen LogP contribution in [-0.4, -0.2) is 17.1 Å². The van der Waals surface area contributed by atoms with Crippen LogP contribution in [0.1, 0.15) is 37.3 Å². The zero-order valence-corrected chi connectivity index (χ0v) is 10.4. The summed E-state index contributed by atoms with van der Waals surface area (Å²) in [6.45, 7) is 2.19. The van der Waals surface area contributed by atoms with E-state index in [1.807, 2.05) is 12.1 Å². The normalized spacial score (nSPS) is 12.4. The average molecular weight is 235 g/mol. The zero-order valence-electron chi connectivity index (χ0n) is 10.4. The Hall–Kier alpha value is -1.35. The lowest BCUT2D eigenvalue weighted by molar-refractivity contribution is -0.138. The number of carboxylic acid groups (broad SMARTS) is 1. The third-order valence-electron chi connectivity index (χ3n) is 2.86. The lowest BCUT2D eigenvalue weighted by Crippen LogP contribution is -2.32. The highest BCUT2D eigenvalue weighted by atomic mass is 16.4. The van der Waals surface area contributed by atoms with Crippen LogP contribution in [-0.2, 0) is 17.6 Å². The average Bonchev–Trinajstić information content (AvgIpc) is 2.31. The van der Waals surface area contributed by atoms with E-state index in [1.165, 1.54) is 24.8 Å². The Kier molecular flexibility index (Phi) is 5.70. The van der Waals surface area contributed by atoms with Crippen LogP contribution in [0.2, 0.25) is 0 Å². The van der Waals surface area contributed by atoms with Gasteiger partial charge >= 0.3 is 5.97 Å². The molecular weight excluding hydrogens is 214 g/mol. The summed E-state index contributed by atoms with van der Waals surface area (Å²) in [5.41, 5.74) is 7.78. The molecule has 1 atom stereocenters. The number of aryl methyl sites for hydroxylation is 1. The molecule has 0 fully saturated rings. The zero-order chi connectivity index (χ0) is 12.7. The van der Waals surface area contributed by atoms with Crippen molar-refractivity contribution in [3.05, 3.63) is 35.4 Å². The number of benzene rings is 1. The second-order valence-electron chi connectivity index (χ2n) is 4.42. The van der Waals surface area contributed by atoms with Crippen LogP contribution in [0.15, 0.2) is 24.3 Å². The lowest BCUT2D eigenvalue weighted by atomic mass is 10.0. The molecule has 3 nitrogen and oxygen atoms in total. The fraction of sp³-hybridized carbons (Fsp3) is 0.500. The third-order valence-corrected chi connectivity index (χ3v) is 2.86. The smallest absolute Gasteiger partial charge is 0.320 e. The van der Waals surface area contributed by atoms with Gasteiger partial charge in [0.1, 0.15) is 6.04 Å². The van der Waals surface area contributed by atoms with Crippen molar-refractivity contribution in [3.63, 3.8) is 0 Å². The van der Waals surface area contributed by atoms with Crippen molar-refractivity contribution in [2.45, 2.75) is 45.1 Å². The van der Waals surface area contributed by atoms with Gasteiger partial charge < -0.3 is 10.8 Å². The highest BCUT2D eigenvalue weighted by molar-refractivity contribution is 5.73. The molecule has 0 aliphatic carbocycles. The maximum Gasteiger partial charge on any atom is 0.320 e. The van der Waals surface area contributed by atoms with E-state index in [9.17, 15) is 4.79 Å². The number of rotatable bonds is 7. The minimum absolute atomic E-state index is 0.393. The molecule has 0 spiro atoms. The highest BCUT2D eigenvalue weighted by Crippen LogP contribution is 2.10. The van der Waals surface area contributed by atoms with Crippen LogP contribution in [0.5, 0.6) is 0 Å². The first-order valence-electron chi connectivity index (χ1n) is 6.19. The van der Waals surface area contributed by atoms with E-state index in [0.717, 1.165) is 12.0 Å². The molecule has 0 aromatic heterocycles. The van der Waals surface area contributed by atoms with Gasteiger partial charge in [-0.15, -0.1) is 0 Å². The van der Waals surface area contributed by atoms with Crippen molar-refractivity contribution < 1.29 is 9.90 Å². The molecule has 0 heterocycles. The molecule has 94 valence electrons. The SMILES string of the molecule is CCCCCc1ccc(CC(N)C(=O)O)cc1. The molecule has 17 heavy (non-hydrogen) atoms. The molecule has 3 heteroatoms. The van der Waals surface area contributed by atoms with Gasteiger partial charge in [-0.2, -0.15) is 0 Å². The first-order valence-corrected chi connectivity index (χ1v) is 6.19. The molecule has 3 N–H and O–H groups in total. The van der Waals surface area contributed by atoms with Crippen molar-refractivity contribution >= 4 is 5.97 Å². The lowest BCUT2D eigenvalue weighted by Gasteiger charge is -2.07. The van der Waals surface area contributed by atoms with Gasteiger partial charge in [-0.3, -0.25) is 4.79 Å². The number of hydrogen-bond donors (Lipinski definition) is 2. The van der Waals surface area contributed by atoms with Gasteiger partial charge in [-0.05, 0) is 30.4 Å². The first-order chi connectivity index (χ1) is 8.13. The summed E-state index contributed by atoms with van der Waals surface area (Å²) in [4.78, 5) is 10.6. The summed E-state index contributed by atoms with van der Waals surface area (Å²) in [5, 5.41) is 8.72. The predicted molar refractivity (Wildman–Crippen MR) is 69.0 cm³/mol. The predicted octanol–water partition coefficient (Wildman–Crippen LogP) is 2.37. The van der Waals surface area contributed by atoms with E-state index in [-0.39, 0.29) is 0 Å². The Labute approximate surface area is 103 Å². The fourth-order valence-corrected chi connectivity index (χ4v) is 1.76. The van der Waals surface area contributed by atoms with Crippen molar-refractivity contribution in [2.24, 2.45) is 5.73 Å². The van der Waals surface area contributed by atoms with Crippen LogP contribution in [0.4, 0.5) is 0 Å². The quantitative estimate of drug-likeness (QED) is 0.713. The molecule has 1 aromatic rings. The molecule has 0 amide bonds. The molecule has 1 rings (SSSR count). The van der Waals surface area contributed by atoms with E-state index >= 15 is 0 Å². The molecule has 1 aromatic carbocycles. The van der Waals surface area contributed by atoms with Crippen LogP contribution in [0, 0.1) is 0 Å². The fourth-order valence-electron chi connectivity index (χ4n) is 1.76. The number of carboxylic acids is 1. The minimum Gasteiger partial charge on any atom is -0.480 e. The second-order valence-corrected chi connectivity index (χ2v) is 4.42. The van der Waals surface area contributed by atoms with Crippen molar-refractivity contribution in [2.75, 3.05) is 0 Å². The van der Waals surface area contributed by atoms with Gasteiger partial charge in [0.05, 0.1) is 0 Å². The monoisotopic (exact) mass is 235 g/mol. The van der Waals surface area contributed by atoms with Gasteiger partial charge in [0.25, 0.3) is 0 Å². The van der Waals surface area contributed by atoms with Crippen LogP contribution < -0.4 is 5.73 Å². The Morgan fingerprint density at radius 1 is 1.24 bits per heavy atom. The van der Waals surface area contributed by atoms with E-state index in [0.29, 0.717) is 6.42 Å². The maximum atomic E-state index is 10.6. The topological polar surface area (TPSA) is 63.3 Å². The first kappa shape index (κ1) is 13.7. The highest BCUT2D eigenvalue weighted by Gasteiger charge is 2.11. The third kappa shape index (κ3) is 5.00. The summed E-state index contributed by atoms with van der Waals surface area (Å²) in [6.07, 6.45) is 5.19. The molecule has 0 saturated carbocycles. The van der Waals surface area contributed by atoms with Crippen molar-refractivity contribution in [3.8, 4) is 0 Å². The largest absolute Gasteiger partial charge is 0.480 e. The molecule has 0 saturated heterocycles. The Morgan fingerprint density at radius 3 is 2.35 bits per heavy atom. The van der Waals surface area contributed by atoms with Crippen LogP contribution in [0.3, 0.4) is 0 Å². The Balaban J connectivity index is 2.47. The van der Waals surface area contributed by atoms with Crippen LogP contribution >= 0.6 is 0 Å². The second kappa shape index (κ2) is 7.07. The summed E-state index contributed by atoms with van der Waals surface area (Å²) in [6, 6.07) is 7.29. The maximum absolute atomic E-state index is 10.6. The molecule has 0 radical (unpaired) electrons. The standard InChI is InChI=1S/C14H21NO2/c1-2-3-4-5-11-6-8-12(9-7-11)10-13(15)14(16)17/h6-9,13H,2-5,10,15H2,1H3,(H,16,17). The number of hydrogen-bond acceptors (Lipinski definition) is 2. The number of unbranched alkanes of at least 4 members (excludes halogenated alkanes) is 2. The van der Waals surface area contributed by atoms with E-state index < -0.39 is 12.0 Å².